The van der Waals surface area contributed by atoms with Gasteiger partial charge in [0.25, 0.3) is 0 Å². The van der Waals surface area contributed by atoms with E-state index in [1.165, 1.54) is 11.6 Å². The van der Waals surface area contributed by atoms with Gasteiger partial charge in [0.15, 0.2) is 0 Å². The number of allylic oxidation sites excluding steroid dienone is 1. The number of aliphatic hydroxyl groups is 2. The minimum atomic E-state index is -0.914. The second-order valence-corrected chi connectivity index (χ2v) is 7.42. The van der Waals surface area contributed by atoms with Crippen LogP contribution in [0.25, 0.3) is 0 Å². The van der Waals surface area contributed by atoms with E-state index in [-0.39, 0.29) is 18.6 Å². The van der Waals surface area contributed by atoms with E-state index in [1.807, 2.05) is 25.1 Å². The molecule has 0 radical (unpaired) electrons. The number of unbranched alkanes of at least 4 members (excludes halogenated alkanes) is 2. The van der Waals surface area contributed by atoms with Crippen molar-refractivity contribution in [1.29, 1.82) is 0 Å². The number of hydrogen-bond acceptors (Lipinski definition) is 4. The van der Waals surface area contributed by atoms with E-state index >= 15 is 0 Å². The molecule has 5 heteroatoms. The van der Waals surface area contributed by atoms with Crippen molar-refractivity contribution in [2.24, 2.45) is 5.92 Å². The van der Waals surface area contributed by atoms with Crippen LogP contribution in [0.2, 0.25) is 0 Å². The van der Waals surface area contributed by atoms with Gasteiger partial charge in [-0.15, -0.1) is 0 Å². The molecule has 0 spiro atoms. The molecule has 0 heterocycles. The summed E-state index contributed by atoms with van der Waals surface area (Å²) >= 11 is 0. The molecule has 0 aliphatic heterocycles. The topological polar surface area (TPSA) is 87.0 Å². The van der Waals surface area contributed by atoms with Crippen molar-refractivity contribution in [3.05, 3.63) is 42.0 Å². The SMILES string of the molecule is CCc1cccc(OCC(O)CCCC(CCCCC=CC(=O)O)C(C)O)c1. The van der Waals surface area contributed by atoms with Gasteiger partial charge in [0.1, 0.15) is 12.4 Å². The zero-order valence-electron chi connectivity index (χ0n) is 17.2. The Balaban J connectivity index is 2.22. The third kappa shape index (κ3) is 11.1. The van der Waals surface area contributed by atoms with Crippen LogP contribution in [0.5, 0.6) is 5.75 Å². The van der Waals surface area contributed by atoms with Crippen LogP contribution < -0.4 is 4.74 Å². The van der Waals surface area contributed by atoms with Gasteiger partial charge in [-0.05, 0) is 69.1 Å². The molecule has 0 aliphatic carbocycles. The smallest absolute Gasteiger partial charge is 0.327 e. The summed E-state index contributed by atoms with van der Waals surface area (Å²) in [7, 11) is 0. The molecule has 0 bridgehead atoms. The summed E-state index contributed by atoms with van der Waals surface area (Å²) in [6.45, 7) is 4.19. The van der Waals surface area contributed by atoms with Gasteiger partial charge in [0.2, 0.25) is 0 Å². The van der Waals surface area contributed by atoms with Crippen molar-refractivity contribution in [2.45, 2.75) is 77.4 Å². The van der Waals surface area contributed by atoms with Crippen molar-refractivity contribution in [1.82, 2.24) is 0 Å². The highest BCUT2D eigenvalue weighted by molar-refractivity contribution is 5.79. The van der Waals surface area contributed by atoms with E-state index in [9.17, 15) is 15.0 Å². The summed E-state index contributed by atoms with van der Waals surface area (Å²) < 4.78 is 5.69. The molecular weight excluding hydrogens is 356 g/mol. The lowest BCUT2D eigenvalue weighted by Gasteiger charge is -2.20. The van der Waals surface area contributed by atoms with E-state index in [1.54, 1.807) is 6.08 Å². The quantitative estimate of drug-likeness (QED) is 0.305. The third-order valence-electron chi connectivity index (χ3n) is 5.00. The predicted molar refractivity (Wildman–Crippen MR) is 112 cm³/mol. The lowest BCUT2D eigenvalue weighted by atomic mass is 9.90. The summed E-state index contributed by atoms with van der Waals surface area (Å²) in [6, 6.07) is 7.93. The number of carboxylic acid groups (broad SMARTS) is 1. The standard InChI is InChI=1S/C23H36O5/c1-3-19-10-8-14-22(16-19)28-17-21(25)13-9-12-20(18(2)24)11-6-4-5-7-15-23(26)27/h7-8,10,14-16,18,20-21,24-25H,3-6,9,11-13,17H2,1-2H3,(H,26,27). The lowest BCUT2D eigenvalue weighted by molar-refractivity contribution is -0.131. The first kappa shape index (κ1) is 24.2. The molecule has 1 aromatic carbocycles. The molecule has 1 rings (SSSR count). The number of carboxylic acids is 1. The average Bonchev–Trinajstić information content (AvgIpc) is 2.67. The largest absolute Gasteiger partial charge is 0.491 e. The fourth-order valence-electron chi connectivity index (χ4n) is 3.23. The number of rotatable bonds is 15. The highest BCUT2D eigenvalue weighted by atomic mass is 16.5. The molecule has 0 amide bonds. The van der Waals surface area contributed by atoms with Crippen molar-refractivity contribution in [2.75, 3.05) is 6.61 Å². The minimum absolute atomic E-state index is 0.206. The molecule has 0 saturated carbocycles. The first-order chi connectivity index (χ1) is 13.4. The van der Waals surface area contributed by atoms with E-state index < -0.39 is 12.1 Å². The fourth-order valence-corrected chi connectivity index (χ4v) is 3.23. The molecule has 158 valence electrons. The number of benzene rings is 1. The average molecular weight is 393 g/mol. The van der Waals surface area contributed by atoms with Gasteiger partial charge in [-0.3, -0.25) is 0 Å². The van der Waals surface area contributed by atoms with Crippen LogP contribution in [0.15, 0.2) is 36.4 Å². The Morgan fingerprint density at radius 3 is 2.57 bits per heavy atom. The van der Waals surface area contributed by atoms with E-state index in [2.05, 4.69) is 13.0 Å². The van der Waals surface area contributed by atoms with Crippen LogP contribution in [0.3, 0.4) is 0 Å². The molecule has 3 unspecified atom stereocenters. The molecule has 0 aliphatic rings. The molecule has 3 atom stereocenters. The Bertz CT molecular complexity index is 582. The Labute approximate surface area is 169 Å². The second-order valence-electron chi connectivity index (χ2n) is 7.42. The lowest BCUT2D eigenvalue weighted by Crippen LogP contribution is -2.20. The monoisotopic (exact) mass is 392 g/mol. The maximum absolute atomic E-state index is 10.4. The van der Waals surface area contributed by atoms with Crippen molar-refractivity contribution < 1.29 is 24.9 Å². The van der Waals surface area contributed by atoms with E-state index in [0.717, 1.165) is 50.7 Å². The molecule has 0 fully saturated rings. The number of hydrogen-bond donors (Lipinski definition) is 3. The Kier molecular flexibility index (Phi) is 12.3. The summed E-state index contributed by atoms with van der Waals surface area (Å²) in [5.74, 6) is 0.0810. The predicted octanol–water partition coefficient (Wildman–Crippen LogP) is 4.36. The van der Waals surface area contributed by atoms with Gasteiger partial charge in [-0.25, -0.2) is 4.79 Å². The van der Waals surface area contributed by atoms with Crippen LogP contribution in [0.1, 0.15) is 64.4 Å². The highest BCUT2D eigenvalue weighted by Gasteiger charge is 2.15. The van der Waals surface area contributed by atoms with Crippen molar-refractivity contribution >= 4 is 5.97 Å². The summed E-state index contributed by atoms with van der Waals surface area (Å²) in [5, 5.41) is 28.7. The van der Waals surface area contributed by atoms with Gasteiger partial charge in [0.05, 0.1) is 12.2 Å². The van der Waals surface area contributed by atoms with Crippen LogP contribution in [0.4, 0.5) is 0 Å². The van der Waals surface area contributed by atoms with Gasteiger partial charge in [0, 0.05) is 6.08 Å². The minimum Gasteiger partial charge on any atom is -0.491 e. The van der Waals surface area contributed by atoms with Crippen LogP contribution >= 0.6 is 0 Å². The summed E-state index contributed by atoms with van der Waals surface area (Å²) in [4.78, 5) is 10.4. The molecule has 28 heavy (non-hydrogen) atoms. The molecule has 0 saturated heterocycles. The Morgan fingerprint density at radius 1 is 1.14 bits per heavy atom. The first-order valence-corrected chi connectivity index (χ1v) is 10.4. The molecular formula is C23H36O5. The van der Waals surface area contributed by atoms with E-state index in [0.29, 0.717) is 6.42 Å². The van der Waals surface area contributed by atoms with Gasteiger partial charge >= 0.3 is 5.97 Å². The second kappa shape index (κ2) is 14.2. The Morgan fingerprint density at radius 2 is 1.89 bits per heavy atom. The van der Waals surface area contributed by atoms with Gasteiger partial charge < -0.3 is 20.1 Å². The van der Waals surface area contributed by atoms with Crippen molar-refractivity contribution in [3.8, 4) is 5.75 Å². The van der Waals surface area contributed by atoms with E-state index in [4.69, 9.17) is 9.84 Å². The summed E-state index contributed by atoms with van der Waals surface area (Å²) in [5.41, 5.74) is 1.21. The highest BCUT2D eigenvalue weighted by Crippen LogP contribution is 2.21. The first-order valence-electron chi connectivity index (χ1n) is 10.4. The zero-order valence-corrected chi connectivity index (χ0v) is 17.2. The van der Waals surface area contributed by atoms with Gasteiger partial charge in [-0.1, -0.05) is 38.0 Å². The third-order valence-corrected chi connectivity index (χ3v) is 5.00. The Hall–Kier alpha value is -1.85. The van der Waals surface area contributed by atoms with Crippen LogP contribution in [0, 0.1) is 5.92 Å². The maximum atomic E-state index is 10.4. The number of aliphatic carboxylic acids is 1. The summed E-state index contributed by atoms with van der Waals surface area (Å²) in [6.07, 6.45) is 8.80. The zero-order chi connectivity index (χ0) is 20.8. The molecule has 3 N–H and O–H groups in total. The number of aryl methyl sites for hydroxylation is 1. The normalized spacial score (nSPS) is 14.7. The fraction of sp³-hybridized carbons (Fsp3) is 0.609. The van der Waals surface area contributed by atoms with Crippen LogP contribution in [-0.4, -0.2) is 40.1 Å². The van der Waals surface area contributed by atoms with Crippen LogP contribution in [-0.2, 0) is 11.2 Å². The number of ether oxygens (including phenoxy) is 1. The maximum Gasteiger partial charge on any atom is 0.327 e. The van der Waals surface area contributed by atoms with Gasteiger partial charge in [-0.2, -0.15) is 0 Å². The van der Waals surface area contributed by atoms with Crippen molar-refractivity contribution in [3.63, 3.8) is 0 Å². The molecule has 5 nitrogen and oxygen atoms in total. The number of aliphatic hydroxyl groups excluding tert-OH is 2. The molecule has 0 aromatic heterocycles. The molecule has 1 aromatic rings. The number of carbonyl (C=O) groups is 1.